The fraction of sp³-hybridized carbons (Fsp3) is 0.423. The van der Waals surface area contributed by atoms with E-state index in [1.165, 1.54) is 19.2 Å². The molecular formula is C26H29ClF3N3O4. The number of carbonyl (C=O) groups is 2. The minimum Gasteiger partial charge on any atom is -0.478 e. The zero-order valence-corrected chi connectivity index (χ0v) is 21.7. The number of aliphatic carboxylic acids is 1. The van der Waals surface area contributed by atoms with Crippen molar-refractivity contribution in [3.05, 3.63) is 63.8 Å². The first-order chi connectivity index (χ1) is 17.3. The van der Waals surface area contributed by atoms with Gasteiger partial charge in [-0.15, -0.1) is 0 Å². The van der Waals surface area contributed by atoms with Crippen LogP contribution < -0.4 is 10.1 Å². The van der Waals surface area contributed by atoms with E-state index in [1.54, 1.807) is 31.2 Å². The predicted octanol–water partition coefficient (Wildman–Crippen LogP) is 6.15. The first-order valence-electron chi connectivity index (χ1n) is 11.8. The maximum atomic E-state index is 13.4. The molecule has 0 saturated heterocycles. The Morgan fingerprint density at radius 3 is 2.57 bits per heavy atom. The maximum Gasteiger partial charge on any atom is 0.394 e. The molecule has 1 amide bonds. The Labute approximate surface area is 217 Å². The van der Waals surface area contributed by atoms with Gasteiger partial charge in [-0.25, -0.2) is 9.48 Å². The summed E-state index contributed by atoms with van der Waals surface area (Å²) in [7, 11) is 1.40. The SMILES string of the molecule is CC/C=C(\C=C/C(C)C1(NC(=O)c2c(CC(F)(F)F)nn(C)c2Oc2ccc(C)c(Cl)c2)CC1)C(=O)O. The van der Waals surface area contributed by atoms with Crippen molar-refractivity contribution in [1.29, 1.82) is 0 Å². The van der Waals surface area contributed by atoms with Gasteiger partial charge in [0.25, 0.3) is 5.91 Å². The van der Waals surface area contributed by atoms with Crippen molar-refractivity contribution in [3.8, 4) is 11.6 Å². The average Bonchev–Trinajstić information content (AvgIpc) is 3.51. The van der Waals surface area contributed by atoms with Crippen LogP contribution in [0.25, 0.3) is 0 Å². The molecule has 1 aromatic heterocycles. The molecule has 1 unspecified atom stereocenters. The monoisotopic (exact) mass is 539 g/mol. The van der Waals surface area contributed by atoms with Crippen LogP contribution in [0, 0.1) is 12.8 Å². The van der Waals surface area contributed by atoms with Gasteiger partial charge in [-0.1, -0.05) is 49.7 Å². The summed E-state index contributed by atoms with van der Waals surface area (Å²) in [6.07, 6.45) is 0.454. The van der Waals surface area contributed by atoms with Crippen molar-refractivity contribution < 1.29 is 32.6 Å². The zero-order chi connectivity index (χ0) is 27.5. The number of benzene rings is 1. The number of allylic oxidation sites excluding steroid dienone is 1. The van der Waals surface area contributed by atoms with E-state index in [1.807, 2.05) is 13.8 Å². The number of nitrogens with zero attached hydrogens (tertiary/aromatic N) is 2. The Kier molecular flexibility index (Phi) is 8.42. The van der Waals surface area contributed by atoms with Crippen LogP contribution in [0.2, 0.25) is 5.02 Å². The third-order valence-electron chi connectivity index (χ3n) is 6.28. The van der Waals surface area contributed by atoms with Crippen molar-refractivity contribution >= 4 is 23.5 Å². The third-order valence-corrected chi connectivity index (χ3v) is 6.69. The summed E-state index contributed by atoms with van der Waals surface area (Å²) in [6, 6.07) is 4.79. The summed E-state index contributed by atoms with van der Waals surface area (Å²) < 4.78 is 46.9. The first kappa shape index (κ1) is 28.3. The zero-order valence-electron chi connectivity index (χ0n) is 20.9. The fourth-order valence-electron chi connectivity index (χ4n) is 3.97. The summed E-state index contributed by atoms with van der Waals surface area (Å²) in [5.41, 5.74) is -0.579. The highest BCUT2D eigenvalue weighted by Crippen LogP contribution is 2.44. The molecule has 1 saturated carbocycles. The van der Waals surface area contributed by atoms with Crippen molar-refractivity contribution in [3.63, 3.8) is 0 Å². The van der Waals surface area contributed by atoms with Crippen molar-refractivity contribution in [2.75, 3.05) is 0 Å². The minimum absolute atomic E-state index is 0.128. The van der Waals surface area contributed by atoms with Crippen LogP contribution in [0.3, 0.4) is 0 Å². The van der Waals surface area contributed by atoms with Crippen LogP contribution in [-0.2, 0) is 18.3 Å². The lowest BCUT2D eigenvalue weighted by atomic mass is 9.97. The molecule has 1 heterocycles. The molecule has 2 N–H and O–H groups in total. The smallest absolute Gasteiger partial charge is 0.394 e. The lowest BCUT2D eigenvalue weighted by Gasteiger charge is -2.23. The third kappa shape index (κ3) is 6.94. The van der Waals surface area contributed by atoms with E-state index in [4.69, 9.17) is 16.3 Å². The van der Waals surface area contributed by atoms with Crippen molar-refractivity contribution in [2.24, 2.45) is 13.0 Å². The summed E-state index contributed by atoms with van der Waals surface area (Å²) in [6.45, 7) is 5.43. The van der Waals surface area contributed by atoms with Crippen LogP contribution >= 0.6 is 11.6 Å². The first-order valence-corrected chi connectivity index (χ1v) is 12.1. The van der Waals surface area contributed by atoms with Gasteiger partial charge < -0.3 is 15.2 Å². The van der Waals surface area contributed by atoms with E-state index in [0.717, 1.165) is 10.2 Å². The molecule has 0 aliphatic heterocycles. The number of nitrogens with one attached hydrogen (secondary N) is 1. The highest BCUT2D eigenvalue weighted by Gasteiger charge is 2.48. The van der Waals surface area contributed by atoms with Crippen LogP contribution in [0.5, 0.6) is 11.6 Å². The van der Waals surface area contributed by atoms with E-state index >= 15 is 0 Å². The van der Waals surface area contributed by atoms with E-state index in [0.29, 0.717) is 24.3 Å². The quantitative estimate of drug-likeness (QED) is 0.279. The molecule has 200 valence electrons. The lowest BCUT2D eigenvalue weighted by Crippen LogP contribution is -2.41. The minimum atomic E-state index is -4.60. The van der Waals surface area contributed by atoms with Crippen LogP contribution in [0.15, 0.2) is 42.0 Å². The van der Waals surface area contributed by atoms with Gasteiger partial charge in [0, 0.05) is 17.6 Å². The Balaban J connectivity index is 1.93. The number of carboxylic acids is 1. The van der Waals surface area contributed by atoms with Gasteiger partial charge in [0.1, 0.15) is 11.3 Å². The molecule has 1 atom stereocenters. The number of aryl methyl sites for hydroxylation is 2. The normalized spacial score (nSPS) is 16.1. The molecule has 0 radical (unpaired) electrons. The Hall–Kier alpha value is -3.27. The van der Waals surface area contributed by atoms with E-state index in [2.05, 4.69) is 10.4 Å². The molecule has 0 spiro atoms. The highest BCUT2D eigenvalue weighted by molar-refractivity contribution is 6.31. The molecule has 3 rings (SSSR count). The summed E-state index contributed by atoms with van der Waals surface area (Å²) in [4.78, 5) is 24.8. The molecule has 1 fully saturated rings. The largest absolute Gasteiger partial charge is 0.478 e. The number of rotatable bonds is 10. The number of hydrogen-bond donors (Lipinski definition) is 2. The maximum absolute atomic E-state index is 13.4. The number of amides is 1. The molecule has 2 aromatic rings. The molecule has 1 aliphatic carbocycles. The van der Waals surface area contributed by atoms with Gasteiger partial charge in [-0.2, -0.15) is 18.3 Å². The number of ether oxygens (including phenoxy) is 1. The molecule has 0 bridgehead atoms. The second kappa shape index (κ2) is 11.0. The molecular weight excluding hydrogens is 511 g/mol. The molecule has 1 aliphatic rings. The number of carbonyl (C=O) groups excluding carboxylic acids is 1. The number of alkyl halides is 3. The lowest BCUT2D eigenvalue weighted by molar-refractivity contribution is -0.132. The molecule has 7 nitrogen and oxygen atoms in total. The highest BCUT2D eigenvalue weighted by atomic mass is 35.5. The van der Waals surface area contributed by atoms with Gasteiger partial charge >= 0.3 is 12.1 Å². The second-order valence-electron chi connectivity index (χ2n) is 9.19. The molecule has 37 heavy (non-hydrogen) atoms. The van der Waals surface area contributed by atoms with Crippen LogP contribution in [-0.4, -0.2) is 38.5 Å². The molecule has 11 heteroatoms. The van der Waals surface area contributed by atoms with Crippen LogP contribution in [0.1, 0.15) is 54.7 Å². The fourth-order valence-corrected chi connectivity index (χ4v) is 4.14. The van der Waals surface area contributed by atoms with E-state index in [-0.39, 0.29) is 28.7 Å². The Morgan fingerprint density at radius 1 is 1.35 bits per heavy atom. The van der Waals surface area contributed by atoms with Crippen molar-refractivity contribution in [1.82, 2.24) is 15.1 Å². The van der Waals surface area contributed by atoms with Gasteiger partial charge in [0.05, 0.1) is 17.7 Å². The number of aromatic nitrogens is 2. The van der Waals surface area contributed by atoms with Gasteiger partial charge in [-0.3, -0.25) is 4.79 Å². The predicted molar refractivity (Wildman–Crippen MR) is 133 cm³/mol. The Morgan fingerprint density at radius 2 is 2.03 bits per heavy atom. The summed E-state index contributed by atoms with van der Waals surface area (Å²) in [5, 5.41) is 16.5. The van der Waals surface area contributed by atoms with Gasteiger partial charge in [-0.05, 0) is 49.8 Å². The topological polar surface area (TPSA) is 93.5 Å². The summed E-state index contributed by atoms with van der Waals surface area (Å²) >= 11 is 6.16. The van der Waals surface area contributed by atoms with Crippen LogP contribution in [0.4, 0.5) is 13.2 Å². The van der Waals surface area contributed by atoms with E-state index in [9.17, 15) is 27.9 Å². The molecule has 1 aromatic carbocycles. The number of carboxylic acid groups (broad SMARTS) is 1. The second-order valence-corrected chi connectivity index (χ2v) is 9.59. The van der Waals surface area contributed by atoms with E-state index < -0.39 is 35.7 Å². The van der Waals surface area contributed by atoms with Crippen molar-refractivity contribution in [2.45, 2.75) is 58.2 Å². The number of hydrogen-bond acceptors (Lipinski definition) is 4. The van der Waals surface area contributed by atoms with Gasteiger partial charge in [0.2, 0.25) is 5.88 Å². The Bertz CT molecular complexity index is 1250. The number of halogens is 4. The average molecular weight is 540 g/mol. The standard InChI is InChI=1S/C26H29ClF3N3O4/c1-5-6-17(24(35)36)9-8-16(3)25(11-12-25)31-22(34)21-20(14-26(28,29)30)32-33(4)23(21)37-18-10-7-15(2)19(27)13-18/h6-10,13,16H,5,11-12,14H2,1-4H3,(H,31,34)(H,35,36)/b9-8-,17-6+. The van der Waals surface area contributed by atoms with Gasteiger partial charge in [0.15, 0.2) is 0 Å². The summed E-state index contributed by atoms with van der Waals surface area (Å²) in [5.74, 6) is -1.99.